The smallest absolute Gasteiger partial charge is 0.307 e. The van der Waals surface area contributed by atoms with Crippen molar-refractivity contribution in [2.45, 2.75) is 49.9 Å². The number of ether oxygens (including phenoxy) is 1. The Kier molecular flexibility index (Phi) is 7.11. The quantitative estimate of drug-likeness (QED) is 0.691. The number of aliphatic imine (C=N–C) groups is 1. The molecule has 9 heteroatoms. The number of esters is 1. The van der Waals surface area contributed by atoms with E-state index < -0.39 is 11.2 Å². The van der Waals surface area contributed by atoms with E-state index in [4.69, 9.17) is 5.26 Å². The van der Waals surface area contributed by atoms with Crippen LogP contribution in [-0.2, 0) is 14.3 Å². The third-order valence-electron chi connectivity index (χ3n) is 5.37. The molecule has 8 nitrogen and oxygen atoms in total. The van der Waals surface area contributed by atoms with Gasteiger partial charge < -0.3 is 15.0 Å². The van der Waals surface area contributed by atoms with E-state index in [0.29, 0.717) is 16.3 Å². The van der Waals surface area contributed by atoms with Gasteiger partial charge in [-0.25, -0.2) is 0 Å². The van der Waals surface area contributed by atoms with Crippen molar-refractivity contribution in [1.82, 2.24) is 10.2 Å². The molecule has 0 bridgehead atoms. The van der Waals surface area contributed by atoms with Gasteiger partial charge in [-0.2, -0.15) is 10.3 Å². The van der Waals surface area contributed by atoms with E-state index in [0.717, 1.165) is 19.3 Å². The number of rotatable bonds is 6. The van der Waals surface area contributed by atoms with Crippen molar-refractivity contribution in [3.05, 3.63) is 35.4 Å². The molecule has 2 aliphatic rings. The number of nitriles is 1. The molecule has 158 valence electrons. The molecule has 1 aromatic rings. The molecule has 2 unspecified atom stereocenters. The van der Waals surface area contributed by atoms with Crippen LogP contribution in [0, 0.1) is 11.3 Å². The minimum Gasteiger partial charge on any atom is -0.469 e. The molecule has 1 heterocycles. The van der Waals surface area contributed by atoms with Crippen molar-refractivity contribution in [3.8, 4) is 6.07 Å². The Morgan fingerprint density at radius 1 is 1.30 bits per heavy atom. The van der Waals surface area contributed by atoms with E-state index in [2.05, 4.69) is 19.9 Å². The normalized spacial score (nSPS) is 22.3. The van der Waals surface area contributed by atoms with E-state index in [1.54, 1.807) is 24.3 Å². The van der Waals surface area contributed by atoms with Crippen molar-refractivity contribution in [2.75, 3.05) is 13.7 Å². The summed E-state index contributed by atoms with van der Waals surface area (Å²) in [6.07, 6.45) is 3.24. The monoisotopic (exact) mass is 428 g/mol. The van der Waals surface area contributed by atoms with Crippen LogP contribution in [-0.4, -0.2) is 58.8 Å². The SMILES string of the molecule is COC(=O)CCNC(=O)C1SC(=NC(=O)c2ccc(C#N)cc2)N(C2CCC2)C1C. The van der Waals surface area contributed by atoms with Gasteiger partial charge in [-0.1, -0.05) is 11.8 Å². The molecule has 1 saturated carbocycles. The zero-order valence-electron chi connectivity index (χ0n) is 17.0. The van der Waals surface area contributed by atoms with Crippen LogP contribution >= 0.6 is 11.8 Å². The number of amides is 2. The average molecular weight is 429 g/mol. The predicted molar refractivity (Wildman–Crippen MR) is 113 cm³/mol. The Morgan fingerprint density at radius 2 is 2.00 bits per heavy atom. The lowest BCUT2D eigenvalue weighted by Gasteiger charge is -2.39. The lowest BCUT2D eigenvalue weighted by Crippen LogP contribution is -2.49. The van der Waals surface area contributed by atoms with Crippen LogP contribution in [0.2, 0.25) is 0 Å². The molecule has 2 amide bonds. The van der Waals surface area contributed by atoms with Gasteiger partial charge in [0.1, 0.15) is 5.25 Å². The first kappa shape index (κ1) is 21.8. The molecule has 2 fully saturated rings. The van der Waals surface area contributed by atoms with Gasteiger partial charge in [0.15, 0.2) is 5.17 Å². The molecule has 0 radical (unpaired) electrons. The minimum absolute atomic E-state index is 0.110. The molecule has 2 atom stereocenters. The van der Waals surface area contributed by atoms with E-state index in [1.807, 2.05) is 13.0 Å². The molecular formula is C21H24N4O4S. The molecule has 30 heavy (non-hydrogen) atoms. The van der Waals surface area contributed by atoms with Crippen molar-refractivity contribution in [1.29, 1.82) is 5.26 Å². The summed E-state index contributed by atoms with van der Waals surface area (Å²) in [6.45, 7) is 2.17. The fourth-order valence-electron chi connectivity index (χ4n) is 3.43. The van der Waals surface area contributed by atoms with Gasteiger partial charge in [0.2, 0.25) is 5.91 Å². The fourth-order valence-corrected chi connectivity index (χ4v) is 4.75. The van der Waals surface area contributed by atoms with Crippen LogP contribution in [0.5, 0.6) is 0 Å². The first-order chi connectivity index (χ1) is 14.4. The molecule has 1 saturated heterocycles. The van der Waals surface area contributed by atoms with Crippen LogP contribution in [0.4, 0.5) is 0 Å². The second-order valence-electron chi connectivity index (χ2n) is 7.28. The number of thioether (sulfide) groups is 1. The summed E-state index contributed by atoms with van der Waals surface area (Å²) in [4.78, 5) is 43.0. The third kappa shape index (κ3) is 4.82. The first-order valence-electron chi connectivity index (χ1n) is 9.87. The number of benzene rings is 1. The van der Waals surface area contributed by atoms with Gasteiger partial charge in [0.25, 0.3) is 5.91 Å². The zero-order valence-corrected chi connectivity index (χ0v) is 17.8. The summed E-state index contributed by atoms with van der Waals surface area (Å²) >= 11 is 1.28. The van der Waals surface area contributed by atoms with Gasteiger partial charge in [0, 0.05) is 24.2 Å². The summed E-state index contributed by atoms with van der Waals surface area (Å²) in [6, 6.07) is 8.50. The Balaban J connectivity index is 1.74. The Hall–Kier alpha value is -2.86. The lowest BCUT2D eigenvalue weighted by atomic mass is 9.90. The maximum Gasteiger partial charge on any atom is 0.307 e. The van der Waals surface area contributed by atoms with Gasteiger partial charge in [-0.15, -0.1) is 0 Å². The van der Waals surface area contributed by atoms with Crippen molar-refractivity contribution in [3.63, 3.8) is 0 Å². The largest absolute Gasteiger partial charge is 0.469 e. The Bertz CT molecular complexity index is 889. The summed E-state index contributed by atoms with van der Waals surface area (Å²) < 4.78 is 4.59. The standard InChI is InChI=1S/C21H24N4O4S/c1-13-18(20(28)23-11-10-17(26)29-2)30-21(25(13)16-4-3-5-16)24-19(27)15-8-6-14(12-22)7-9-15/h6-9,13,16,18H,3-5,10-11H2,1-2H3,(H,23,28). The van der Waals surface area contributed by atoms with Gasteiger partial charge in [0.05, 0.1) is 25.2 Å². The topological polar surface area (TPSA) is 112 Å². The highest BCUT2D eigenvalue weighted by Gasteiger charge is 2.45. The number of nitrogens with zero attached hydrogens (tertiary/aromatic N) is 3. The van der Waals surface area contributed by atoms with E-state index >= 15 is 0 Å². The molecule has 1 N–H and O–H groups in total. The highest BCUT2D eigenvalue weighted by molar-refractivity contribution is 8.15. The van der Waals surface area contributed by atoms with Crippen molar-refractivity contribution < 1.29 is 19.1 Å². The number of carbonyl (C=O) groups excluding carboxylic acids is 3. The van der Waals surface area contributed by atoms with Crippen LogP contribution in [0.1, 0.15) is 48.5 Å². The second-order valence-corrected chi connectivity index (χ2v) is 8.39. The average Bonchev–Trinajstić information content (AvgIpc) is 3.02. The van der Waals surface area contributed by atoms with Crippen LogP contribution in [0.15, 0.2) is 29.3 Å². The van der Waals surface area contributed by atoms with Gasteiger partial charge in [-0.05, 0) is 50.5 Å². The summed E-state index contributed by atoms with van der Waals surface area (Å²) in [5, 5.41) is 11.8. The summed E-state index contributed by atoms with van der Waals surface area (Å²) in [5.74, 6) is -0.962. The number of hydrogen-bond acceptors (Lipinski definition) is 6. The summed E-state index contributed by atoms with van der Waals surface area (Å²) in [7, 11) is 1.31. The van der Waals surface area contributed by atoms with Crippen molar-refractivity contribution >= 4 is 34.7 Å². The fraction of sp³-hybridized carbons (Fsp3) is 0.476. The van der Waals surface area contributed by atoms with Crippen LogP contribution in [0.3, 0.4) is 0 Å². The number of nitrogens with one attached hydrogen (secondary N) is 1. The number of hydrogen-bond donors (Lipinski definition) is 1. The maximum absolute atomic E-state index is 12.7. The van der Waals surface area contributed by atoms with Crippen LogP contribution < -0.4 is 5.32 Å². The Morgan fingerprint density at radius 3 is 2.57 bits per heavy atom. The third-order valence-corrected chi connectivity index (χ3v) is 6.75. The van der Waals surface area contributed by atoms with Gasteiger partial charge >= 0.3 is 5.97 Å². The molecule has 3 rings (SSSR count). The highest BCUT2D eigenvalue weighted by Crippen LogP contribution is 2.39. The summed E-state index contributed by atoms with van der Waals surface area (Å²) in [5.41, 5.74) is 0.872. The molecule has 1 aromatic carbocycles. The number of amidine groups is 1. The second kappa shape index (κ2) is 9.76. The number of methoxy groups -OCH3 is 1. The zero-order chi connectivity index (χ0) is 21.7. The van der Waals surface area contributed by atoms with E-state index in [9.17, 15) is 14.4 Å². The predicted octanol–water partition coefficient (Wildman–Crippen LogP) is 2.09. The highest BCUT2D eigenvalue weighted by atomic mass is 32.2. The molecule has 0 aromatic heterocycles. The lowest BCUT2D eigenvalue weighted by molar-refractivity contribution is -0.140. The maximum atomic E-state index is 12.7. The van der Waals surface area contributed by atoms with E-state index in [-0.39, 0.29) is 36.9 Å². The minimum atomic E-state index is -0.421. The van der Waals surface area contributed by atoms with Crippen molar-refractivity contribution in [2.24, 2.45) is 4.99 Å². The first-order valence-corrected chi connectivity index (χ1v) is 10.7. The van der Waals surface area contributed by atoms with Crippen LogP contribution in [0.25, 0.3) is 0 Å². The number of carbonyl (C=O) groups is 3. The van der Waals surface area contributed by atoms with E-state index in [1.165, 1.54) is 18.9 Å². The molecular weight excluding hydrogens is 404 g/mol. The molecule has 1 aliphatic carbocycles. The molecule has 1 aliphatic heterocycles. The van der Waals surface area contributed by atoms with Gasteiger partial charge in [-0.3, -0.25) is 14.4 Å². The Labute approximate surface area is 179 Å². The molecule has 0 spiro atoms.